The lowest BCUT2D eigenvalue weighted by Gasteiger charge is -2.23. The fourth-order valence-corrected chi connectivity index (χ4v) is 0.650. The van der Waals surface area contributed by atoms with Crippen LogP contribution in [0.5, 0.6) is 0 Å². The van der Waals surface area contributed by atoms with Crippen LogP contribution in [0.15, 0.2) is 0 Å². The molecule has 0 spiro atoms. The first-order valence-electron chi connectivity index (χ1n) is 2.11. The predicted molar refractivity (Wildman–Crippen MR) is 25.1 cm³/mol. The van der Waals surface area contributed by atoms with Crippen molar-refractivity contribution in [3.63, 3.8) is 0 Å². The summed E-state index contributed by atoms with van der Waals surface area (Å²) in [4.78, 5) is 0. The molecule has 0 saturated carbocycles. The fourth-order valence-electron chi connectivity index (χ4n) is 0.406. The summed E-state index contributed by atoms with van der Waals surface area (Å²) in [6.45, 7) is 0.914. The van der Waals surface area contributed by atoms with Gasteiger partial charge in [-0.25, -0.2) is 0 Å². The lowest BCUT2D eigenvalue weighted by Crippen LogP contribution is -2.27. The minimum Gasteiger partial charge on any atom is -0.377 e. The average molecular weight is 107 g/mol. The number of ether oxygens (including phenoxy) is 1. The van der Waals surface area contributed by atoms with Crippen molar-refractivity contribution in [1.29, 1.82) is 0 Å². The van der Waals surface area contributed by atoms with E-state index in [0.717, 1.165) is 13.0 Å². The Kier molecular flexibility index (Phi) is 1.33. The van der Waals surface area contributed by atoms with Gasteiger partial charge in [-0.3, -0.25) is 0 Å². The van der Waals surface area contributed by atoms with Gasteiger partial charge in [0.1, 0.15) is 0 Å². The van der Waals surface area contributed by atoms with Crippen LogP contribution in [-0.4, -0.2) is 18.6 Å². The molecule has 0 aromatic heterocycles. The first-order chi connectivity index (χ1) is 2.93. The Hall–Kier alpha value is 0.250. The van der Waals surface area contributed by atoms with Gasteiger partial charge in [0.15, 0.2) is 0 Å². The highest BCUT2D eigenvalue weighted by atomic mass is 35.5. The molecule has 0 radical (unpaired) electrons. The van der Waals surface area contributed by atoms with Crippen molar-refractivity contribution in [2.75, 3.05) is 12.5 Å². The Bertz CT molecular complexity index is 40.1. The van der Waals surface area contributed by atoms with Crippen LogP contribution in [0.3, 0.4) is 0 Å². The quantitative estimate of drug-likeness (QED) is 0.454. The van der Waals surface area contributed by atoms with E-state index >= 15 is 0 Å². The van der Waals surface area contributed by atoms with E-state index in [1.807, 2.05) is 0 Å². The van der Waals surface area contributed by atoms with E-state index in [4.69, 9.17) is 16.3 Å². The number of hydrogen-bond donors (Lipinski definition) is 0. The van der Waals surface area contributed by atoms with Gasteiger partial charge in [0.25, 0.3) is 0 Å². The zero-order valence-electron chi connectivity index (χ0n) is 3.48. The van der Waals surface area contributed by atoms with Crippen molar-refractivity contribution in [3.05, 3.63) is 0 Å². The molecule has 0 amide bonds. The molecule has 0 aromatic carbocycles. The topological polar surface area (TPSA) is 9.23 Å². The Labute approximate surface area is 42.2 Å². The molecule has 2 heteroatoms. The van der Waals surface area contributed by atoms with Gasteiger partial charge >= 0.3 is 0 Å². The molecule has 1 fully saturated rings. The molecule has 1 nitrogen and oxygen atoms in total. The average Bonchev–Trinajstić information content (AvgIpc) is 1.31. The summed E-state index contributed by atoms with van der Waals surface area (Å²) < 4.78 is 4.95. The third-order valence-corrected chi connectivity index (χ3v) is 1.31. The van der Waals surface area contributed by atoms with Crippen molar-refractivity contribution in [2.45, 2.75) is 12.5 Å². The van der Waals surface area contributed by atoms with Crippen molar-refractivity contribution in [1.82, 2.24) is 0 Å². The van der Waals surface area contributed by atoms with Crippen molar-refractivity contribution < 1.29 is 4.74 Å². The third kappa shape index (κ3) is 0.660. The van der Waals surface area contributed by atoms with Gasteiger partial charge in [-0.15, -0.1) is 11.6 Å². The van der Waals surface area contributed by atoms with E-state index in [1.165, 1.54) is 0 Å². The molecule has 1 aliphatic rings. The monoisotopic (exact) mass is 106 g/mol. The molecule has 0 N–H and O–H groups in total. The normalized spacial score (nSPS) is 32.5. The number of halogens is 1. The largest absolute Gasteiger partial charge is 0.377 e. The van der Waals surface area contributed by atoms with E-state index < -0.39 is 0 Å². The maximum absolute atomic E-state index is 5.38. The molecule has 6 heavy (non-hydrogen) atoms. The second kappa shape index (κ2) is 1.80. The lowest BCUT2D eigenvalue weighted by atomic mass is 10.2. The Balaban J connectivity index is 2.01. The minimum atomic E-state index is 0.381. The van der Waals surface area contributed by atoms with E-state index in [-0.39, 0.29) is 0 Å². The molecule has 1 atom stereocenters. The molecule has 1 heterocycles. The van der Waals surface area contributed by atoms with Gasteiger partial charge in [-0.2, -0.15) is 0 Å². The molecule has 0 bridgehead atoms. The van der Waals surface area contributed by atoms with Gasteiger partial charge in [0, 0.05) is 12.5 Å². The maximum atomic E-state index is 5.38. The Morgan fingerprint density at radius 1 is 1.83 bits per heavy atom. The van der Waals surface area contributed by atoms with Crippen molar-refractivity contribution in [2.24, 2.45) is 0 Å². The fraction of sp³-hybridized carbons (Fsp3) is 1.00. The first-order valence-corrected chi connectivity index (χ1v) is 2.64. The summed E-state index contributed by atoms with van der Waals surface area (Å²) in [6.07, 6.45) is 1.54. The van der Waals surface area contributed by atoms with Gasteiger partial charge in [-0.1, -0.05) is 0 Å². The maximum Gasteiger partial charge on any atom is 0.0732 e. The standard InChI is InChI=1S/C4H7ClO/c5-3-4-1-2-6-4/h4H,1-3H2. The molecule has 1 rings (SSSR count). The van der Waals surface area contributed by atoms with Crippen molar-refractivity contribution >= 4 is 11.6 Å². The number of hydrogen-bond acceptors (Lipinski definition) is 1. The third-order valence-electron chi connectivity index (χ3n) is 0.965. The van der Waals surface area contributed by atoms with Crippen molar-refractivity contribution in [3.8, 4) is 0 Å². The van der Waals surface area contributed by atoms with Gasteiger partial charge in [0.05, 0.1) is 6.10 Å². The van der Waals surface area contributed by atoms with Gasteiger partial charge in [0.2, 0.25) is 0 Å². The summed E-state index contributed by atoms with van der Waals surface area (Å²) in [5.74, 6) is 0.667. The van der Waals surface area contributed by atoms with Crippen LogP contribution in [-0.2, 0) is 4.74 Å². The van der Waals surface area contributed by atoms with Crippen LogP contribution >= 0.6 is 11.6 Å². The molecule has 0 aliphatic carbocycles. The van der Waals surface area contributed by atoms with Crippen LogP contribution in [0.1, 0.15) is 6.42 Å². The summed E-state index contributed by atoms with van der Waals surface area (Å²) in [5, 5.41) is 0. The minimum absolute atomic E-state index is 0.381. The SMILES string of the molecule is ClCC1CCO1. The first kappa shape index (κ1) is 4.41. The summed E-state index contributed by atoms with van der Waals surface area (Å²) in [5.41, 5.74) is 0. The second-order valence-electron chi connectivity index (χ2n) is 1.44. The van der Waals surface area contributed by atoms with E-state index in [2.05, 4.69) is 0 Å². The molecular formula is C4H7ClO. The zero-order valence-corrected chi connectivity index (χ0v) is 4.24. The summed E-state index contributed by atoms with van der Waals surface area (Å²) >= 11 is 5.38. The molecular weight excluding hydrogens is 99.5 g/mol. The van der Waals surface area contributed by atoms with Crippen LogP contribution in [0.4, 0.5) is 0 Å². The van der Waals surface area contributed by atoms with Gasteiger partial charge in [-0.05, 0) is 6.42 Å². The van der Waals surface area contributed by atoms with Crippen LogP contribution < -0.4 is 0 Å². The second-order valence-corrected chi connectivity index (χ2v) is 1.74. The molecule has 0 aromatic rings. The predicted octanol–water partition coefficient (Wildman–Crippen LogP) is 1.01. The van der Waals surface area contributed by atoms with Gasteiger partial charge < -0.3 is 4.74 Å². The number of alkyl halides is 1. The van der Waals surface area contributed by atoms with E-state index in [9.17, 15) is 0 Å². The zero-order chi connectivity index (χ0) is 4.41. The smallest absolute Gasteiger partial charge is 0.0732 e. The molecule has 1 aliphatic heterocycles. The lowest BCUT2D eigenvalue weighted by molar-refractivity contribution is -0.0351. The molecule has 1 unspecified atom stereocenters. The summed E-state index contributed by atoms with van der Waals surface area (Å²) in [7, 11) is 0. The van der Waals surface area contributed by atoms with E-state index in [0.29, 0.717) is 12.0 Å². The van der Waals surface area contributed by atoms with E-state index in [1.54, 1.807) is 0 Å². The van der Waals surface area contributed by atoms with Crippen LogP contribution in [0.25, 0.3) is 0 Å². The summed E-state index contributed by atoms with van der Waals surface area (Å²) in [6, 6.07) is 0. The molecule has 1 saturated heterocycles. The van der Waals surface area contributed by atoms with Crippen LogP contribution in [0, 0.1) is 0 Å². The highest BCUT2D eigenvalue weighted by molar-refractivity contribution is 6.18. The van der Waals surface area contributed by atoms with Crippen LogP contribution in [0.2, 0.25) is 0 Å². The number of rotatable bonds is 1. The highest BCUT2D eigenvalue weighted by Gasteiger charge is 2.15. The Morgan fingerprint density at radius 3 is 2.50 bits per heavy atom. The Morgan fingerprint density at radius 2 is 2.50 bits per heavy atom. The molecule has 36 valence electrons. The highest BCUT2D eigenvalue weighted by Crippen LogP contribution is 2.10.